The van der Waals surface area contributed by atoms with Crippen LogP contribution < -0.4 is 10.6 Å². The summed E-state index contributed by atoms with van der Waals surface area (Å²) in [5.41, 5.74) is 1.56. The highest BCUT2D eigenvalue weighted by atomic mass is 79.9. The molecule has 38 heavy (non-hydrogen) atoms. The van der Waals surface area contributed by atoms with Gasteiger partial charge >= 0.3 is 0 Å². The maximum atomic E-state index is 13.7. The smallest absolute Gasteiger partial charge is 0.246 e. The van der Waals surface area contributed by atoms with E-state index in [9.17, 15) is 14.4 Å². The fourth-order valence-electron chi connectivity index (χ4n) is 4.99. The second-order valence-corrected chi connectivity index (χ2v) is 12.3. The average Bonchev–Trinajstić information content (AvgIpc) is 2.88. The molecule has 8 heteroatoms. The number of nitrogens with one attached hydrogen (secondary N) is 2. The molecule has 0 radical (unpaired) electrons. The van der Waals surface area contributed by atoms with Crippen molar-refractivity contribution in [1.82, 2.24) is 20.4 Å². The van der Waals surface area contributed by atoms with Crippen LogP contribution in [0.3, 0.4) is 0 Å². The normalized spacial score (nSPS) is 18.4. The van der Waals surface area contributed by atoms with Crippen molar-refractivity contribution in [2.75, 3.05) is 13.6 Å². The number of carbonyl (C=O) groups excluding carboxylic acids is 3. The summed E-state index contributed by atoms with van der Waals surface area (Å²) < 4.78 is 0.989. The second kappa shape index (κ2) is 14.8. The Balaban J connectivity index is 2.13. The highest BCUT2D eigenvalue weighted by molar-refractivity contribution is 9.10. The lowest BCUT2D eigenvalue weighted by Gasteiger charge is -2.39. The zero-order valence-corrected chi connectivity index (χ0v) is 26.0. The lowest BCUT2D eigenvalue weighted by Crippen LogP contribution is -2.58. The zero-order valence-electron chi connectivity index (χ0n) is 24.4. The van der Waals surface area contributed by atoms with Crippen molar-refractivity contribution in [1.29, 1.82) is 0 Å². The number of rotatable bonds is 11. The van der Waals surface area contributed by atoms with Gasteiger partial charge in [-0.25, -0.2) is 0 Å². The van der Waals surface area contributed by atoms with E-state index in [2.05, 4.69) is 45.3 Å². The number of nitrogens with zero attached hydrogens (tertiary/aromatic N) is 2. The number of hydrogen-bond acceptors (Lipinski definition) is 4. The maximum Gasteiger partial charge on any atom is 0.246 e. The molecule has 212 valence electrons. The van der Waals surface area contributed by atoms with Crippen LogP contribution in [-0.4, -0.2) is 65.3 Å². The molecule has 1 aromatic carbocycles. The van der Waals surface area contributed by atoms with Crippen LogP contribution >= 0.6 is 15.9 Å². The molecule has 1 heterocycles. The van der Waals surface area contributed by atoms with Crippen LogP contribution in [0.15, 0.2) is 40.4 Å². The second-order valence-electron chi connectivity index (χ2n) is 11.4. The molecule has 1 aliphatic rings. The van der Waals surface area contributed by atoms with Crippen molar-refractivity contribution in [2.24, 2.45) is 11.8 Å². The number of likely N-dealkylation sites (N-methyl/N-ethyl adjacent to an activating group) is 1. The van der Waals surface area contributed by atoms with Crippen molar-refractivity contribution in [3.8, 4) is 0 Å². The molecule has 3 amide bonds. The third-order valence-electron chi connectivity index (χ3n) is 7.36. The number of hydrogen-bond donors (Lipinski definition) is 2. The van der Waals surface area contributed by atoms with Crippen LogP contribution in [0.5, 0.6) is 0 Å². The zero-order chi connectivity index (χ0) is 28.6. The quantitative estimate of drug-likeness (QED) is 0.359. The molecule has 0 unspecified atom stereocenters. The van der Waals surface area contributed by atoms with Crippen LogP contribution in [0.4, 0.5) is 0 Å². The molecule has 0 bridgehead atoms. The third kappa shape index (κ3) is 8.94. The first-order valence-corrected chi connectivity index (χ1v) is 14.7. The molecule has 1 aromatic rings. The van der Waals surface area contributed by atoms with Gasteiger partial charge in [0.1, 0.15) is 6.04 Å². The molecule has 0 aliphatic carbocycles. The number of halogens is 1. The Bertz CT molecular complexity index is 974. The largest absolute Gasteiger partial charge is 0.348 e. The number of amides is 3. The number of likely N-dealkylation sites (tertiary alicyclic amines) is 1. The Kier molecular flexibility index (Phi) is 12.5. The van der Waals surface area contributed by atoms with E-state index in [-0.39, 0.29) is 47.7 Å². The van der Waals surface area contributed by atoms with Gasteiger partial charge in [-0.2, -0.15) is 0 Å². The van der Waals surface area contributed by atoms with Gasteiger partial charge in [-0.05, 0) is 69.7 Å². The van der Waals surface area contributed by atoms with Gasteiger partial charge < -0.3 is 15.5 Å². The highest BCUT2D eigenvalue weighted by Crippen LogP contribution is 2.21. The molecule has 1 aliphatic heterocycles. The Labute approximate surface area is 237 Å². The lowest BCUT2D eigenvalue weighted by atomic mass is 9.95. The Morgan fingerprint density at radius 1 is 1.05 bits per heavy atom. The Hall–Kier alpha value is -2.19. The molecule has 1 saturated heterocycles. The minimum atomic E-state index is -0.635. The summed E-state index contributed by atoms with van der Waals surface area (Å²) in [5, 5.41) is 6.05. The molecule has 3 atom stereocenters. The molecule has 0 aromatic heterocycles. The van der Waals surface area contributed by atoms with Crippen LogP contribution in [0.2, 0.25) is 0 Å². The van der Waals surface area contributed by atoms with Gasteiger partial charge in [0.05, 0.1) is 12.1 Å². The predicted octanol–water partition coefficient (Wildman–Crippen LogP) is 4.90. The monoisotopic (exact) mass is 590 g/mol. The first-order chi connectivity index (χ1) is 17.8. The van der Waals surface area contributed by atoms with Gasteiger partial charge in [-0.3, -0.25) is 19.3 Å². The summed E-state index contributed by atoms with van der Waals surface area (Å²) >= 11 is 3.42. The van der Waals surface area contributed by atoms with Gasteiger partial charge in [-0.15, -0.1) is 0 Å². The first-order valence-electron chi connectivity index (χ1n) is 13.9. The van der Waals surface area contributed by atoms with E-state index in [0.717, 1.165) is 35.8 Å². The average molecular weight is 592 g/mol. The van der Waals surface area contributed by atoms with E-state index in [1.54, 1.807) is 18.9 Å². The molecule has 1 fully saturated rings. The molecule has 0 saturated carbocycles. The number of carbonyl (C=O) groups is 3. The fourth-order valence-corrected chi connectivity index (χ4v) is 5.25. The fraction of sp³-hybridized carbons (Fsp3) is 0.633. The Morgan fingerprint density at radius 3 is 2.24 bits per heavy atom. The van der Waals surface area contributed by atoms with Crippen molar-refractivity contribution in [2.45, 2.75) is 98.4 Å². The van der Waals surface area contributed by atoms with E-state index in [1.165, 1.54) is 0 Å². The molecule has 2 N–H and O–H groups in total. The van der Waals surface area contributed by atoms with Gasteiger partial charge in [-0.1, -0.05) is 68.3 Å². The van der Waals surface area contributed by atoms with E-state index in [0.29, 0.717) is 12.1 Å². The minimum absolute atomic E-state index is 0.0704. The van der Waals surface area contributed by atoms with Gasteiger partial charge in [0, 0.05) is 29.7 Å². The maximum absolute atomic E-state index is 13.7. The lowest BCUT2D eigenvalue weighted by molar-refractivity contribution is -0.140. The number of benzene rings is 1. The van der Waals surface area contributed by atoms with Crippen LogP contribution in [0, 0.1) is 11.8 Å². The molecular weight excluding hydrogens is 544 g/mol. The van der Waals surface area contributed by atoms with Crippen molar-refractivity contribution >= 4 is 33.7 Å². The molecule has 7 nitrogen and oxygen atoms in total. The van der Waals surface area contributed by atoms with Crippen LogP contribution in [0.25, 0.3) is 0 Å². The van der Waals surface area contributed by atoms with Crippen molar-refractivity contribution < 1.29 is 14.4 Å². The van der Waals surface area contributed by atoms with Gasteiger partial charge in [0.15, 0.2) is 0 Å². The molecule has 2 rings (SSSR count). The summed E-state index contributed by atoms with van der Waals surface area (Å²) in [6, 6.07) is 6.94. The third-order valence-corrected chi connectivity index (χ3v) is 7.89. The van der Waals surface area contributed by atoms with Gasteiger partial charge in [0.2, 0.25) is 17.7 Å². The van der Waals surface area contributed by atoms with Crippen molar-refractivity contribution in [3.63, 3.8) is 0 Å². The van der Waals surface area contributed by atoms with E-state index < -0.39 is 6.04 Å². The predicted molar refractivity (Wildman–Crippen MR) is 157 cm³/mol. The summed E-state index contributed by atoms with van der Waals surface area (Å²) in [6.45, 7) is 15.3. The standard InChI is InChI=1S/C30H47BrN4O3/c1-19(2)26(17-22(7)28(36)32-18-23-12-14-24(31)15-13-23)34(8)30(38)27(20(3)4)33-29(37)25-11-9-10-16-35(25)21(5)6/h12-15,17,19-21,25-27H,9-11,16,18H2,1-8H3,(H,32,36)(H,33,37)/b22-17+/t25-,26-,27+/m1/s1. The number of piperidine rings is 1. The van der Waals surface area contributed by atoms with E-state index in [4.69, 9.17) is 0 Å². The topological polar surface area (TPSA) is 81.8 Å². The first kappa shape index (κ1) is 32.0. The Morgan fingerprint density at radius 2 is 1.68 bits per heavy atom. The van der Waals surface area contributed by atoms with Crippen LogP contribution in [0.1, 0.15) is 73.3 Å². The summed E-state index contributed by atoms with van der Waals surface area (Å²) in [4.78, 5) is 43.8. The van der Waals surface area contributed by atoms with Gasteiger partial charge in [0.25, 0.3) is 0 Å². The van der Waals surface area contributed by atoms with Crippen LogP contribution in [-0.2, 0) is 20.9 Å². The summed E-state index contributed by atoms with van der Waals surface area (Å²) in [6.07, 6.45) is 4.78. The molecule has 0 spiro atoms. The molecular formula is C30H47BrN4O3. The summed E-state index contributed by atoms with van der Waals surface area (Å²) in [5.74, 6) is -0.370. The van der Waals surface area contributed by atoms with E-state index >= 15 is 0 Å². The minimum Gasteiger partial charge on any atom is -0.348 e. The van der Waals surface area contributed by atoms with Crippen molar-refractivity contribution in [3.05, 3.63) is 46.0 Å². The highest BCUT2D eigenvalue weighted by Gasteiger charge is 2.36. The summed E-state index contributed by atoms with van der Waals surface area (Å²) in [7, 11) is 1.76. The SMILES string of the molecule is C/C(=C\[C@H](C(C)C)N(C)C(=O)[C@@H](NC(=O)[C@H]1CCCCN1C(C)C)C(C)C)C(=O)NCc1ccc(Br)cc1. The van der Waals surface area contributed by atoms with E-state index in [1.807, 2.05) is 58.0 Å².